The molecule has 71 heavy (non-hydrogen) atoms. The quantitative estimate of drug-likeness (QED) is 0.110. The molecule has 0 aliphatic carbocycles. The van der Waals surface area contributed by atoms with Gasteiger partial charge in [-0.2, -0.15) is 0 Å². The predicted octanol–water partition coefficient (Wildman–Crippen LogP) is 1.83. The average Bonchev–Trinajstić information content (AvgIpc) is 3.76. The molecule has 0 radical (unpaired) electrons. The van der Waals surface area contributed by atoms with E-state index in [1.807, 2.05) is 43.9 Å². The lowest BCUT2D eigenvalue weighted by atomic mass is 9.77. The number of methoxy groups -OCH3 is 1. The van der Waals surface area contributed by atoms with Gasteiger partial charge < -0.3 is 68.5 Å². The van der Waals surface area contributed by atoms with Crippen molar-refractivity contribution >= 4 is 16.0 Å². The Bertz CT molecular complexity index is 2120. The monoisotopic (exact) mass is 1030 g/mol. The molecule has 0 saturated carbocycles. The summed E-state index contributed by atoms with van der Waals surface area (Å²) < 4.78 is 68.5. The van der Waals surface area contributed by atoms with Gasteiger partial charge in [-0.25, -0.2) is 13.6 Å². The molecule has 7 N–H and O–H groups in total. The van der Waals surface area contributed by atoms with Gasteiger partial charge in [0.15, 0.2) is 12.6 Å². The number of aliphatic hydroxyl groups excluding tert-OH is 3. The van der Waals surface area contributed by atoms with Crippen molar-refractivity contribution in [3.8, 4) is 5.75 Å². The van der Waals surface area contributed by atoms with Gasteiger partial charge in [0, 0.05) is 70.2 Å². The Labute approximate surface area is 420 Å². The van der Waals surface area contributed by atoms with E-state index in [1.165, 1.54) is 33.1 Å². The van der Waals surface area contributed by atoms with Crippen LogP contribution in [0.25, 0.3) is 0 Å². The van der Waals surface area contributed by atoms with Crippen molar-refractivity contribution < 1.29 is 71.9 Å². The largest absolute Gasteiger partial charge is 0.494 e. The van der Waals surface area contributed by atoms with E-state index in [0.29, 0.717) is 51.3 Å². The molecule has 0 bridgehead atoms. The van der Waals surface area contributed by atoms with Gasteiger partial charge in [-0.3, -0.25) is 9.48 Å². The molecule has 0 unspecified atom stereocenters. The van der Waals surface area contributed by atoms with Crippen LogP contribution >= 0.6 is 0 Å². The lowest BCUT2D eigenvalue weighted by Gasteiger charge is -2.49. The van der Waals surface area contributed by atoms with Crippen LogP contribution in [0.5, 0.6) is 5.75 Å². The van der Waals surface area contributed by atoms with E-state index in [-0.39, 0.29) is 29.8 Å². The van der Waals surface area contributed by atoms with E-state index in [0.717, 1.165) is 5.69 Å². The third-order valence-electron chi connectivity index (χ3n) is 15.2. The molecule has 21 nitrogen and oxygen atoms in total. The van der Waals surface area contributed by atoms with Gasteiger partial charge in [0.05, 0.1) is 58.7 Å². The van der Waals surface area contributed by atoms with Crippen molar-refractivity contribution in [2.45, 2.75) is 203 Å². The Balaban J connectivity index is 1.36. The number of esters is 1. The van der Waals surface area contributed by atoms with Crippen molar-refractivity contribution in [1.29, 1.82) is 0 Å². The number of nitrogens with zero attached hydrogens (tertiary/aromatic N) is 5. The molecule has 4 heterocycles. The number of hydrogen-bond donors (Lipinski definition) is 6. The molecular weight excluding hydrogens is 945 g/mol. The number of aromatic nitrogens is 3. The number of aryl methyl sites for hydroxylation is 1. The second-order valence-corrected chi connectivity index (χ2v) is 22.9. The number of carbonyl (C=O) groups excluding carboxylic acids is 1. The van der Waals surface area contributed by atoms with Gasteiger partial charge in [0.2, 0.25) is 10.0 Å². The van der Waals surface area contributed by atoms with Crippen LogP contribution in [0.1, 0.15) is 101 Å². The normalized spacial score (nSPS) is 39.7. The minimum Gasteiger partial charge on any atom is -0.494 e. The number of ether oxygens (including phenoxy) is 7. The number of rotatable bonds is 15. The molecule has 2 aromatic rings. The van der Waals surface area contributed by atoms with Crippen LogP contribution < -0.4 is 9.88 Å². The Morgan fingerprint density at radius 1 is 0.958 bits per heavy atom. The molecule has 406 valence electrons. The summed E-state index contributed by atoms with van der Waals surface area (Å²) in [5.41, 5.74) is -3.82. The van der Waals surface area contributed by atoms with Crippen LogP contribution in [0.2, 0.25) is 0 Å². The number of nitrogens with two attached hydrogens (primary N) is 1. The van der Waals surface area contributed by atoms with Crippen LogP contribution in [0, 0.1) is 17.8 Å². The first-order valence-corrected chi connectivity index (χ1v) is 26.4. The zero-order valence-electron chi connectivity index (χ0n) is 44.0. The second-order valence-electron chi connectivity index (χ2n) is 21.4. The van der Waals surface area contributed by atoms with Crippen LogP contribution in [0.4, 0.5) is 0 Å². The molecule has 18 atom stereocenters. The van der Waals surface area contributed by atoms with E-state index >= 15 is 0 Å². The topological polar surface area (TPSA) is 280 Å². The molecule has 22 heteroatoms. The number of cyclic esters (lactones) is 1. The number of sulfonamides is 1. The first-order chi connectivity index (χ1) is 33.0. The predicted molar refractivity (Wildman–Crippen MR) is 260 cm³/mol. The van der Waals surface area contributed by atoms with E-state index in [2.05, 4.69) is 10.3 Å². The highest BCUT2D eigenvalue weighted by Crippen LogP contribution is 2.40. The Morgan fingerprint density at radius 3 is 2.25 bits per heavy atom. The summed E-state index contributed by atoms with van der Waals surface area (Å²) in [6, 6.07) is 4.86. The second kappa shape index (κ2) is 24.2. The Morgan fingerprint density at radius 2 is 1.62 bits per heavy atom. The van der Waals surface area contributed by atoms with Crippen molar-refractivity contribution in [2.24, 2.45) is 22.9 Å². The zero-order valence-corrected chi connectivity index (χ0v) is 44.8. The smallest absolute Gasteiger partial charge is 0.311 e. The van der Waals surface area contributed by atoms with Crippen LogP contribution in [-0.2, 0) is 56.2 Å². The number of carbonyl (C=O) groups is 1. The first kappa shape index (κ1) is 58.9. The molecular formula is C49H84N6O15S. The Kier molecular flexibility index (Phi) is 20.1. The first-order valence-electron chi connectivity index (χ1n) is 24.9. The van der Waals surface area contributed by atoms with E-state index in [1.54, 1.807) is 58.4 Å². The van der Waals surface area contributed by atoms with Crippen molar-refractivity contribution in [3.63, 3.8) is 0 Å². The molecule has 3 aliphatic rings. The minimum absolute atomic E-state index is 0.00570. The van der Waals surface area contributed by atoms with E-state index in [4.69, 9.17) is 38.3 Å². The molecule has 1 aromatic heterocycles. The average molecular weight is 1030 g/mol. The summed E-state index contributed by atoms with van der Waals surface area (Å²) in [5.74, 6) is -2.33. The third-order valence-corrected chi connectivity index (χ3v) is 16.1. The third kappa shape index (κ3) is 14.7. The van der Waals surface area contributed by atoms with Gasteiger partial charge in [0.1, 0.15) is 35.8 Å². The highest BCUT2D eigenvalue weighted by molar-refractivity contribution is 7.89. The fraction of sp³-hybridized carbons (Fsp3) is 0.816. The van der Waals surface area contributed by atoms with E-state index < -0.39 is 112 Å². The molecule has 0 amide bonds. The van der Waals surface area contributed by atoms with Crippen LogP contribution in [0.15, 0.2) is 35.4 Å². The lowest BCUT2D eigenvalue weighted by Crippen LogP contribution is -2.61. The standard InChI is InChI=1S/C49H84N6O15S/c1-28-24-47(8,60)44(30(3)41(69-39-25-48(9,64-13)43(58)33(6)67-39)31(4)45(59)68-34(7)49(10,61)42(57)32(5)54(12)26-28)70-46-40(56)38(23-29(2)66-46)53(11)21-19-35-27-55(52-51-35)20-14-22-65-36-15-17-37(18-16-36)71(50,62)63/h15-18,27-34,38-44,46,56-58,60-61H,14,19-26H2,1-13H3,(H2,50,62,63)/t28-,29-,30+,31-,32-,33+,34-,38+,39+,40-,41+,42-,43+,44-,46+,47-,48-,49-/m1/s1. The van der Waals surface area contributed by atoms with Crippen molar-refractivity contribution in [1.82, 2.24) is 24.8 Å². The summed E-state index contributed by atoms with van der Waals surface area (Å²) in [5, 5.41) is 73.0. The highest BCUT2D eigenvalue weighted by Gasteiger charge is 2.52. The van der Waals surface area contributed by atoms with Gasteiger partial charge >= 0.3 is 5.97 Å². The number of likely N-dealkylation sites (N-methyl/N-ethyl adjacent to an activating group) is 2. The SMILES string of the molecule is CO[C@]1(C)C[C@H](O[C@H]2[C@H](C)[C@@H](O[C@@H]3O[C@H](C)C[C@H](N(C)CCc4cn(CCCOc5ccc(S(N)(=O)=O)cc5)nn4)[C@H]3O)[C@](C)(O)C[C@@H](C)CN(C)[C@H](C)[C@@H](O)[C@](C)(O)[C@@H](C)OC(=O)[C@@H]2C)O[C@@H](C)[C@@H]1O. The lowest BCUT2D eigenvalue weighted by molar-refractivity contribution is -0.318. The van der Waals surface area contributed by atoms with Gasteiger partial charge in [0.25, 0.3) is 0 Å². The number of hydrogen-bond acceptors (Lipinski definition) is 19. The van der Waals surface area contributed by atoms with Crippen LogP contribution in [-0.4, -0.2) is 196 Å². The molecule has 3 aliphatic heterocycles. The van der Waals surface area contributed by atoms with Crippen LogP contribution in [0.3, 0.4) is 0 Å². The molecule has 3 fully saturated rings. The van der Waals surface area contributed by atoms with Gasteiger partial charge in [-0.05, 0) is 113 Å². The zero-order chi connectivity index (χ0) is 53.0. The van der Waals surface area contributed by atoms with Crippen molar-refractivity contribution in [3.05, 3.63) is 36.2 Å². The molecule has 5 rings (SSSR count). The molecule has 1 aromatic carbocycles. The minimum atomic E-state index is -3.79. The maximum atomic E-state index is 14.3. The highest BCUT2D eigenvalue weighted by atomic mass is 32.2. The fourth-order valence-corrected chi connectivity index (χ4v) is 10.9. The van der Waals surface area contributed by atoms with Gasteiger partial charge in [-0.1, -0.05) is 19.1 Å². The molecule has 3 saturated heterocycles. The number of benzene rings is 1. The molecule has 0 spiro atoms. The van der Waals surface area contributed by atoms with Gasteiger partial charge in [-0.15, -0.1) is 5.10 Å². The fourth-order valence-electron chi connectivity index (χ4n) is 10.4. The summed E-state index contributed by atoms with van der Waals surface area (Å²) in [4.78, 5) is 18.2. The number of primary sulfonamides is 1. The Hall–Kier alpha value is -2.94. The van der Waals surface area contributed by atoms with Crippen molar-refractivity contribution in [2.75, 3.05) is 40.9 Å². The number of aliphatic hydroxyl groups is 5. The summed E-state index contributed by atoms with van der Waals surface area (Å²) in [7, 11) is 1.42. The summed E-state index contributed by atoms with van der Waals surface area (Å²) >= 11 is 0. The summed E-state index contributed by atoms with van der Waals surface area (Å²) in [6.07, 6.45) is -6.49. The van der Waals surface area contributed by atoms with E-state index in [9.17, 15) is 38.7 Å². The summed E-state index contributed by atoms with van der Waals surface area (Å²) in [6.45, 7) is 18.9. The maximum absolute atomic E-state index is 14.3. The maximum Gasteiger partial charge on any atom is 0.311 e.